The maximum atomic E-state index is 5.40. The maximum Gasteiger partial charge on any atom is 0.0138 e. The van der Waals surface area contributed by atoms with E-state index in [2.05, 4.69) is 29.6 Å². The van der Waals surface area contributed by atoms with Crippen LogP contribution in [0, 0.1) is 0 Å². The molecule has 3 N–H and O–H groups in total. The molecule has 82 valence electrons. The Kier molecular flexibility index (Phi) is 6.54. The van der Waals surface area contributed by atoms with Gasteiger partial charge < -0.3 is 11.1 Å². The molecule has 0 aliphatic rings. The molecule has 1 aromatic rings. The van der Waals surface area contributed by atoms with Crippen LogP contribution in [0.25, 0.3) is 6.08 Å². The fourth-order valence-electron chi connectivity index (χ4n) is 1.34. The standard InChI is InChI=1S/C13H20N2/c14-10-4-5-11-15-12-6-9-13-7-2-1-3-8-13/h1-3,6-9,15H,4-5,10-12,14H2. The Morgan fingerprint density at radius 3 is 2.67 bits per heavy atom. The van der Waals surface area contributed by atoms with Crippen LogP contribution in [0.2, 0.25) is 0 Å². The van der Waals surface area contributed by atoms with E-state index in [9.17, 15) is 0 Å². The van der Waals surface area contributed by atoms with Crippen LogP contribution in [0.5, 0.6) is 0 Å². The lowest BCUT2D eigenvalue weighted by atomic mass is 10.2. The zero-order valence-corrected chi connectivity index (χ0v) is 9.15. The van der Waals surface area contributed by atoms with E-state index < -0.39 is 0 Å². The molecule has 1 rings (SSSR count). The smallest absolute Gasteiger partial charge is 0.0138 e. The van der Waals surface area contributed by atoms with Crippen LogP contribution >= 0.6 is 0 Å². The van der Waals surface area contributed by atoms with Crippen LogP contribution in [0.1, 0.15) is 18.4 Å². The summed E-state index contributed by atoms with van der Waals surface area (Å²) >= 11 is 0. The summed E-state index contributed by atoms with van der Waals surface area (Å²) in [5.41, 5.74) is 6.65. The van der Waals surface area contributed by atoms with Gasteiger partial charge in [-0.15, -0.1) is 0 Å². The van der Waals surface area contributed by atoms with Crippen molar-refractivity contribution in [3.8, 4) is 0 Å². The fraction of sp³-hybridized carbons (Fsp3) is 0.385. The van der Waals surface area contributed by atoms with E-state index in [1.165, 1.54) is 5.56 Å². The van der Waals surface area contributed by atoms with Gasteiger partial charge in [-0.25, -0.2) is 0 Å². The van der Waals surface area contributed by atoms with Gasteiger partial charge in [0.2, 0.25) is 0 Å². The topological polar surface area (TPSA) is 38.0 Å². The average Bonchev–Trinajstić information content (AvgIpc) is 2.29. The average molecular weight is 204 g/mol. The fourth-order valence-corrected chi connectivity index (χ4v) is 1.34. The Balaban J connectivity index is 2.07. The zero-order chi connectivity index (χ0) is 10.8. The van der Waals surface area contributed by atoms with Crippen LogP contribution in [0.4, 0.5) is 0 Å². The lowest BCUT2D eigenvalue weighted by Gasteiger charge is -1.99. The van der Waals surface area contributed by atoms with Crippen molar-refractivity contribution in [1.29, 1.82) is 0 Å². The third-order valence-electron chi connectivity index (χ3n) is 2.18. The third kappa shape index (κ3) is 6.05. The van der Waals surface area contributed by atoms with E-state index in [1.807, 2.05) is 18.2 Å². The number of hydrogen-bond acceptors (Lipinski definition) is 2. The van der Waals surface area contributed by atoms with E-state index in [-0.39, 0.29) is 0 Å². The number of nitrogens with one attached hydrogen (secondary N) is 1. The highest BCUT2D eigenvalue weighted by molar-refractivity contribution is 5.48. The van der Waals surface area contributed by atoms with Crippen molar-refractivity contribution in [2.75, 3.05) is 19.6 Å². The van der Waals surface area contributed by atoms with Crippen LogP contribution in [0.15, 0.2) is 36.4 Å². The lowest BCUT2D eigenvalue weighted by molar-refractivity contribution is 0.661. The van der Waals surface area contributed by atoms with Crippen LogP contribution < -0.4 is 11.1 Å². The van der Waals surface area contributed by atoms with Crippen molar-refractivity contribution in [1.82, 2.24) is 5.32 Å². The van der Waals surface area contributed by atoms with Crippen molar-refractivity contribution in [3.05, 3.63) is 42.0 Å². The highest BCUT2D eigenvalue weighted by Crippen LogP contribution is 1.99. The molecule has 0 atom stereocenters. The second-order valence-corrected chi connectivity index (χ2v) is 3.51. The molecule has 2 nitrogen and oxygen atoms in total. The Morgan fingerprint density at radius 1 is 1.13 bits per heavy atom. The van der Waals surface area contributed by atoms with Crippen molar-refractivity contribution in [2.45, 2.75) is 12.8 Å². The van der Waals surface area contributed by atoms with Gasteiger partial charge in [0.25, 0.3) is 0 Å². The SMILES string of the molecule is NCCCCNCC=Cc1ccccc1. The molecule has 0 aromatic heterocycles. The molecule has 0 saturated heterocycles. The summed E-state index contributed by atoms with van der Waals surface area (Å²) in [6, 6.07) is 10.3. The van der Waals surface area contributed by atoms with Gasteiger partial charge in [0.05, 0.1) is 0 Å². The van der Waals surface area contributed by atoms with Crippen molar-refractivity contribution in [3.63, 3.8) is 0 Å². The second kappa shape index (κ2) is 8.21. The summed E-state index contributed by atoms with van der Waals surface area (Å²) < 4.78 is 0. The third-order valence-corrected chi connectivity index (χ3v) is 2.18. The molecule has 0 unspecified atom stereocenters. The highest BCUT2D eigenvalue weighted by atomic mass is 14.8. The van der Waals surface area contributed by atoms with Gasteiger partial charge in [0, 0.05) is 6.54 Å². The number of rotatable bonds is 7. The lowest BCUT2D eigenvalue weighted by Crippen LogP contribution is -2.15. The quantitative estimate of drug-likeness (QED) is 0.667. The first-order valence-corrected chi connectivity index (χ1v) is 5.56. The minimum absolute atomic E-state index is 0.793. The Bertz CT molecular complexity index is 267. The number of benzene rings is 1. The molecule has 0 spiro atoms. The first kappa shape index (κ1) is 12.0. The molecule has 2 heteroatoms. The maximum absolute atomic E-state index is 5.40. The molecule has 0 amide bonds. The summed E-state index contributed by atoms with van der Waals surface area (Å²) in [5, 5.41) is 3.35. The summed E-state index contributed by atoms with van der Waals surface area (Å²) in [6.07, 6.45) is 6.55. The normalized spacial score (nSPS) is 11.0. The molecular formula is C13H20N2. The van der Waals surface area contributed by atoms with Crippen LogP contribution in [-0.2, 0) is 0 Å². The Hall–Kier alpha value is -1.12. The molecule has 0 aliphatic heterocycles. The molecule has 1 aromatic carbocycles. The molecule has 0 heterocycles. The summed E-state index contributed by atoms with van der Waals surface area (Å²) in [6.45, 7) is 2.78. The van der Waals surface area contributed by atoms with E-state index in [0.29, 0.717) is 0 Å². The zero-order valence-electron chi connectivity index (χ0n) is 9.15. The predicted molar refractivity (Wildman–Crippen MR) is 66.6 cm³/mol. The monoisotopic (exact) mass is 204 g/mol. The summed E-state index contributed by atoms with van der Waals surface area (Å²) in [7, 11) is 0. The van der Waals surface area contributed by atoms with E-state index in [0.717, 1.165) is 32.5 Å². The Labute approximate surface area is 92.2 Å². The van der Waals surface area contributed by atoms with Crippen molar-refractivity contribution < 1.29 is 0 Å². The van der Waals surface area contributed by atoms with Gasteiger partial charge in [0.1, 0.15) is 0 Å². The van der Waals surface area contributed by atoms with Crippen molar-refractivity contribution >= 4 is 6.08 Å². The molecular weight excluding hydrogens is 184 g/mol. The minimum atomic E-state index is 0.793. The summed E-state index contributed by atoms with van der Waals surface area (Å²) in [4.78, 5) is 0. The molecule has 15 heavy (non-hydrogen) atoms. The number of nitrogens with two attached hydrogens (primary N) is 1. The first-order valence-electron chi connectivity index (χ1n) is 5.56. The largest absolute Gasteiger partial charge is 0.330 e. The minimum Gasteiger partial charge on any atom is -0.330 e. The van der Waals surface area contributed by atoms with Gasteiger partial charge in [-0.2, -0.15) is 0 Å². The molecule has 0 aliphatic carbocycles. The Morgan fingerprint density at radius 2 is 1.93 bits per heavy atom. The van der Waals surface area contributed by atoms with E-state index in [1.54, 1.807) is 0 Å². The second-order valence-electron chi connectivity index (χ2n) is 3.51. The predicted octanol–water partition coefficient (Wildman–Crippen LogP) is 2.03. The van der Waals surface area contributed by atoms with Crippen LogP contribution in [-0.4, -0.2) is 19.6 Å². The van der Waals surface area contributed by atoms with Gasteiger partial charge in [-0.05, 0) is 31.5 Å². The molecule has 0 fully saturated rings. The van der Waals surface area contributed by atoms with Gasteiger partial charge in [-0.3, -0.25) is 0 Å². The number of hydrogen-bond donors (Lipinski definition) is 2. The van der Waals surface area contributed by atoms with Gasteiger partial charge >= 0.3 is 0 Å². The van der Waals surface area contributed by atoms with Crippen molar-refractivity contribution in [2.24, 2.45) is 5.73 Å². The van der Waals surface area contributed by atoms with Gasteiger partial charge in [0.15, 0.2) is 0 Å². The van der Waals surface area contributed by atoms with Crippen LogP contribution in [0.3, 0.4) is 0 Å². The summed E-state index contributed by atoms with van der Waals surface area (Å²) in [5.74, 6) is 0. The molecule has 0 radical (unpaired) electrons. The van der Waals surface area contributed by atoms with Gasteiger partial charge in [-0.1, -0.05) is 42.5 Å². The highest BCUT2D eigenvalue weighted by Gasteiger charge is 1.85. The van der Waals surface area contributed by atoms with E-state index >= 15 is 0 Å². The first-order chi connectivity index (χ1) is 7.43. The number of unbranched alkanes of at least 4 members (excludes halogenated alkanes) is 1. The molecule has 0 saturated carbocycles. The van der Waals surface area contributed by atoms with E-state index in [4.69, 9.17) is 5.73 Å². The molecule has 0 bridgehead atoms.